The van der Waals surface area contributed by atoms with Crippen molar-refractivity contribution in [3.63, 3.8) is 0 Å². The van der Waals surface area contributed by atoms with Gasteiger partial charge in [0.15, 0.2) is 0 Å². The Hall–Kier alpha value is -2.72. The van der Waals surface area contributed by atoms with Crippen molar-refractivity contribution in [2.24, 2.45) is 0 Å². The molecule has 1 unspecified atom stereocenters. The van der Waals surface area contributed by atoms with Crippen molar-refractivity contribution in [3.8, 4) is 0 Å². The predicted octanol–water partition coefficient (Wildman–Crippen LogP) is 3.64. The zero-order valence-corrected chi connectivity index (χ0v) is 22.1. The number of unbranched alkanes of at least 4 members (excludes halogenated alkanes) is 1. The Morgan fingerprint density at radius 2 is 1.09 bits per heavy atom. The molecule has 11 heteroatoms. The predicted molar refractivity (Wildman–Crippen MR) is 126 cm³/mol. The quantitative estimate of drug-likeness (QED) is 0.240. The number of carbonyl (C=O) groups is 4. The molecule has 3 amide bonds. The minimum absolute atomic E-state index is 0.0552. The van der Waals surface area contributed by atoms with Gasteiger partial charge >= 0.3 is 24.2 Å². The topological polar surface area (TPSA) is 141 Å². The second kappa shape index (κ2) is 13.9. The zero-order chi connectivity index (χ0) is 26.6. The van der Waals surface area contributed by atoms with Gasteiger partial charge in [-0.05, 0) is 81.6 Å². The SMILES string of the molecule is CC(C)(C)OC(=O)NCCCCC(NC(=O)OC(C)(C)C)C(=O)OCCNC(=O)OC(C)(C)C. The molecule has 0 aliphatic rings. The van der Waals surface area contributed by atoms with E-state index in [0.717, 1.165) is 0 Å². The lowest BCUT2D eigenvalue weighted by Crippen LogP contribution is -2.45. The van der Waals surface area contributed by atoms with Crippen LogP contribution in [0.2, 0.25) is 0 Å². The smallest absolute Gasteiger partial charge is 0.408 e. The van der Waals surface area contributed by atoms with E-state index >= 15 is 0 Å². The van der Waals surface area contributed by atoms with Crippen LogP contribution < -0.4 is 16.0 Å². The lowest BCUT2D eigenvalue weighted by Gasteiger charge is -2.23. The van der Waals surface area contributed by atoms with E-state index in [1.165, 1.54) is 0 Å². The Morgan fingerprint density at radius 1 is 0.647 bits per heavy atom. The molecule has 0 aliphatic heterocycles. The highest BCUT2D eigenvalue weighted by atomic mass is 16.6. The molecule has 0 fully saturated rings. The van der Waals surface area contributed by atoms with Gasteiger partial charge < -0.3 is 34.9 Å². The molecule has 0 aromatic rings. The standard InChI is InChI=1S/C23H43N3O8/c1-21(2,3)32-18(28)24-13-11-10-12-16(26-20(30)34-23(7,8)9)17(27)31-15-14-25-19(29)33-22(4,5)6/h16H,10-15H2,1-9H3,(H,24,28)(H,25,29)(H,26,30). The van der Waals surface area contributed by atoms with Crippen molar-refractivity contribution in [1.29, 1.82) is 0 Å². The van der Waals surface area contributed by atoms with Gasteiger partial charge in [-0.25, -0.2) is 19.2 Å². The molecule has 0 heterocycles. The van der Waals surface area contributed by atoms with Crippen molar-refractivity contribution in [2.75, 3.05) is 19.7 Å². The number of alkyl carbamates (subject to hydrolysis) is 3. The number of rotatable bonds is 10. The van der Waals surface area contributed by atoms with Gasteiger partial charge in [0.25, 0.3) is 0 Å². The molecule has 0 saturated heterocycles. The fraction of sp³-hybridized carbons (Fsp3) is 0.826. The highest BCUT2D eigenvalue weighted by molar-refractivity contribution is 5.81. The summed E-state index contributed by atoms with van der Waals surface area (Å²) in [5, 5.41) is 7.66. The summed E-state index contributed by atoms with van der Waals surface area (Å²) >= 11 is 0. The van der Waals surface area contributed by atoms with Crippen LogP contribution in [0.15, 0.2) is 0 Å². The summed E-state index contributed by atoms with van der Waals surface area (Å²) in [4.78, 5) is 48.0. The van der Waals surface area contributed by atoms with E-state index < -0.39 is 47.1 Å². The van der Waals surface area contributed by atoms with Gasteiger partial charge in [0.05, 0.1) is 6.54 Å². The third kappa shape index (κ3) is 18.8. The molecular formula is C23H43N3O8. The maximum Gasteiger partial charge on any atom is 0.408 e. The van der Waals surface area contributed by atoms with Crippen molar-refractivity contribution in [1.82, 2.24) is 16.0 Å². The third-order valence-corrected chi connectivity index (χ3v) is 3.58. The van der Waals surface area contributed by atoms with Crippen molar-refractivity contribution in [3.05, 3.63) is 0 Å². The first-order chi connectivity index (χ1) is 15.4. The Balaban J connectivity index is 4.63. The Morgan fingerprint density at radius 3 is 1.56 bits per heavy atom. The van der Waals surface area contributed by atoms with Gasteiger partial charge in [-0.3, -0.25) is 0 Å². The minimum atomic E-state index is -0.946. The van der Waals surface area contributed by atoms with Crippen molar-refractivity contribution < 1.29 is 38.1 Å². The largest absolute Gasteiger partial charge is 0.462 e. The van der Waals surface area contributed by atoms with E-state index in [2.05, 4.69) is 16.0 Å². The second-order valence-corrected chi connectivity index (χ2v) is 10.7. The summed E-state index contributed by atoms with van der Waals surface area (Å²) in [5.41, 5.74) is -1.96. The average molecular weight is 490 g/mol. The fourth-order valence-corrected chi connectivity index (χ4v) is 2.40. The average Bonchev–Trinajstić information content (AvgIpc) is 2.59. The number of hydrogen-bond donors (Lipinski definition) is 3. The highest BCUT2D eigenvalue weighted by Crippen LogP contribution is 2.10. The van der Waals surface area contributed by atoms with Gasteiger partial charge in [-0.2, -0.15) is 0 Å². The molecule has 1 atom stereocenters. The van der Waals surface area contributed by atoms with Crippen LogP contribution in [0.5, 0.6) is 0 Å². The molecule has 0 rings (SSSR count). The molecule has 0 bridgehead atoms. The van der Waals surface area contributed by atoms with Crippen LogP contribution in [0, 0.1) is 0 Å². The van der Waals surface area contributed by atoms with Gasteiger partial charge in [0.1, 0.15) is 29.5 Å². The number of nitrogens with one attached hydrogen (secondary N) is 3. The molecule has 11 nitrogen and oxygen atoms in total. The van der Waals surface area contributed by atoms with Crippen molar-refractivity contribution in [2.45, 2.75) is 104 Å². The summed E-state index contributed by atoms with van der Waals surface area (Å²) in [7, 11) is 0. The number of carbonyl (C=O) groups excluding carboxylic acids is 4. The second-order valence-electron chi connectivity index (χ2n) is 10.7. The zero-order valence-electron chi connectivity index (χ0n) is 22.1. The van der Waals surface area contributed by atoms with Crippen LogP contribution >= 0.6 is 0 Å². The molecular weight excluding hydrogens is 446 g/mol. The lowest BCUT2D eigenvalue weighted by molar-refractivity contribution is -0.146. The minimum Gasteiger partial charge on any atom is -0.462 e. The summed E-state index contributed by atoms with van der Waals surface area (Å²) in [5.74, 6) is -0.656. The van der Waals surface area contributed by atoms with Gasteiger partial charge in [-0.1, -0.05) is 0 Å². The van der Waals surface area contributed by atoms with Gasteiger partial charge in [0.2, 0.25) is 0 Å². The van der Waals surface area contributed by atoms with Crippen molar-refractivity contribution >= 4 is 24.2 Å². The van der Waals surface area contributed by atoms with E-state index in [-0.39, 0.29) is 19.6 Å². The summed E-state index contributed by atoms with van der Waals surface area (Å²) < 4.78 is 20.7. The van der Waals surface area contributed by atoms with Crippen LogP contribution in [-0.4, -0.2) is 66.8 Å². The monoisotopic (exact) mass is 489 g/mol. The van der Waals surface area contributed by atoms with E-state index in [4.69, 9.17) is 18.9 Å². The summed E-state index contributed by atoms with van der Waals surface area (Å²) in [6.07, 6.45) is -0.542. The normalized spacial score (nSPS) is 12.7. The van der Waals surface area contributed by atoms with Crippen LogP contribution in [0.4, 0.5) is 14.4 Å². The molecule has 0 aromatic heterocycles. The first-order valence-corrected chi connectivity index (χ1v) is 11.5. The molecule has 0 spiro atoms. The molecule has 0 saturated carbocycles. The number of ether oxygens (including phenoxy) is 4. The van der Waals surface area contributed by atoms with E-state index in [1.807, 2.05) is 0 Å². The number of esters is 1. The molecule has 3 N–H and O–H groups in total. The van der Waals surface area contributed by atoms with E-state index in [9.17, 15) is 19.2 Å². The van der Waals surface area contributed by atoms with Gasteiger partial charge in [-0.15, -0.1) is 0 Å². The molecule has 198 valence electrons. The Bertz CT molecular complexity index is 675. The highest BCUT2D eigenvalue weighted by Gasteiger charge is 2.25. The lowest BCUT2D eigenvalue weighted by atomic mass is 10.1. The Labute approximate surface area is 203 Å². The van der Waals surface area contributed by atoms with E-state index in [0.29, 0.717) is 19.4 Å². The molecule has 0 aromatic carbocycles. The maximum absolute atomic E-state index is 12.5. The Kier molecular flexibility index (Phi) is 12.8. The summed E-state index contributed by atoms with van der Waals surface area (Å²) in [6, 6.07) is -0.946. The van der Waals surface area contributed by atoms with Crippen LogP contribution in [0.25, 0.3) is 0 Å². The molecule has 34 heavy (non-hydrogen) atoms. The summed E-state index contributed by atoms with van der Waals surface area (Å²) in [6.45, 7) is 16.0. The fourth-order valence-electron chi connectivity index (χ4n) is 2.40. The van der Waals surface area contributed by atoms with Gasteiger partial charge in [0, 0.05) is 6.54 Å². The molecule has 0 aliphatic carbocycles. The maximum atomic E-state index is 12.5. The molecule has 0 radical (unpaired) electrons. The van der Waals surface area contributed by atoms with E-state index in [1.54, 1.807) is 62.3 Å². The van der Waals surface area contributed by atoms with Crippen LogP contribution in [-0.2, 0) is 23.7 Å². The van der Waals surface area contributed by atoms with Crippen LogP contribution in [0.1, 0.15) is 81.6 Å². The first kappa shape index (κ1) is 31.3. The third-order valence-electron chi connectivity index (χ3n) is 3.58. The van der Waals surface area contributed by atoms with Crippen LogP contribution in [0.3, 0.4) is 0 Å². The number of amides is 3. The first-order valence-electron chi connectivity index (χ1n) is 11.5. The number of hydrogen-bond acceptors (Lipinski definition) is 8.